The SMILES string of the molecule is CCCC[C@]1(CC)CS(=O)(=O)c2cc(CN[C@@H](CO)C(=O)O)c(OC)cc2[C@@H](c2ccccc2)N1. The summed E-state index contributed by atoms with van der Waals surface area (Å²) in [6, 6.07) is 11.6. The van der Waals surface area contributed by atoms with Gasteiger partial charge in [0.2, 0.25) is 0 Å². The van der Waals surface area contributed by atoms with Crippen molar-refractivity contribution >= 4 is 15.8 Å². The molecule has 0 spiro atoms. The second-order valence-electron chi connectivity index (χ2n) is 9.14. The zero-order valence-corrected chi connectivity index (χ0v) is 21.4. The van der Waals surface area contributed by atoms with Gasteiger partial charge in [0.05, 0.1) is 30.4 Å². The normalized spacial score (nSPS) is 22.1. The molecule has 1 aliphatic heterocycles. The van der Waals surface area contributed by atoms with Crippen LogP contribution in [0.15, 0.2) is 47.4 Å². The molecule has 0 unspecified atom stereocenters. The van der Waals surface area contributed by atoms with Crippen LogP contribution in [0.25, 0.3) is 0 Å². The highest BCUT2D eigenvalue weighted by molar-refractivity contribution is 7.91. The largest absolute Gasteiger partial charge is 0.496 e. The number of aliphatic carboxylic acids is 1. The van der Waals surface area contributed by atoms with E-state index in [2.05, 4.69) is 17.6 Å². The number of unbranched alkanes of at least 4 members (excludes halogenated alkanes) is 1. The Hall–Kier alpha value is -2.46. The molecular weight excluding hydrogens is 468 g/mol. The molecule has 8 nitrogen and oxygen atoms in total. The summed E-state index contributed by atoms with van der Waals surface area (Å²) >= 11 is 0. The number of rotatable bonds is 11. The van der Waals surface area contributed by atoms with Crippen molar-refractivity contribution in [3.63, 3.8) is 0 Å². The first-order chi connectivity index (χ1) is 16.7. The molecule has 0 aromatic heterocycles. The van der Waals surface area contributed by atoms with Crippen molar-refractivity contribution < 1.29 is 28.2 Å². The van der Waals surface area contributed by atoms with Crippen LogP contribution in [0.5, 0.6) is 5.75 Å². The van der Waals surface area contributed by atoms with E-state index in [0.29, 0.717) is 23.3 Å². The summed E-state index contributed by atoms with van der Waals surface area (Å²) in [6.45, 7) is 3.56. The molecule has 4 N–H and O–H groups in total. The zero-order valence-electron chi connectivity index (χ0n) is 20.6. The van der Waals surface area contributed by atoms with Crippen molar-refractivity contribution in [3.05, 3.63) is 59.2 Å². The van der Waals surface area contributed by atoms with Gasteiger partial charge in [0.15, 0.2) is 9.84 Å². The first-order valence-electron chi connectivity index (χ1n) is 12.0. The third-order valence-electron chi connectivity index (χ3n) is 6.81. The number of hydrogen-bond donors (Lipinski definition) is 4. The maximum Gasteiger partial charge on any atom is 0.323 e. The van der Waals surface area contributed by atoms with Crippen LogP contribution in [-0.4, -0.2) is 55.7 Å². The van der Waals surface area contributed by atoms with Crippen LogP contribution in [0, 0.1) is 0 Å². The Morgan fingerprint density at radius 3 is 2.54 bits per heavy atom. The lowest BCUT2D eigenvalue weighted by atomic mass is 9.88. The van der Waals surface area contributed by atoms with Gasteiger partial charge in [-0.2, -0.15) is 0 Å². The average Bonchev–Trinajstić information content (AvgIpc) is 2.95. The van der Waals surface area contributed by atoms with E-state index in [1.807, 2.05) is 37.3 Å². The number of nitrogens with one attached hydrogen (secondary N) is 2. The molecule has 0 saturated carbocycles. The van der Waals surface area contributed by atoms with Crippen molar-refractivity contribution in [2.45, 2.75) is 68.6 Å². The molecule has 3 rings (SSSR count). The van der Waals surface area contributed by atoms with E-state index in [9.17, 15) is 23.4 Å². The summed E-state index contributed by atoms with van der Waals surface area (Å²) in [5.74, 6) is -0.764. The van der Waals surface area contributed by atoms with Gasteiger partial charge >= 0.3 is 5.97 Å². The highest BCUT2D eigenvalue weighted by Crippen LogP contribution is 2.40. The predicted octanol–water partition coefficient (Wildman–Crippen LogP) is 3.04. The number of hydrogen-bond acceptors (Lipinski definition) is 7. The predicted molar refractivity (Wildman–Crippen MR) is 134 cm³/mol. The standard InChI is InChI=1S/C26H36N2O6S/c1-4-6-12-26(5-2)17-35(32,33)23-13-19(15-27-21(16-29)25(30)31)22(34-3)14-20(23)24(28-26)18-10-8-7-9-11-18/h7-11,13-14,21,24,27-29H,4-6,12,15-17H2,1-3H3,(H,30,31)/t21-,24+,26+/m0/s1. The quantitative estimate of drug-likeness (QED) is 0.368. The van der Waals surface area contributed by atoms with Gasteiger partial charge in [-0.25, -0.2) is 8.42 Å². The molecular formula is C26H36N2O6S. The fourth-order valence-electron chi connectivity index (χ4n) is 4.72. The fraction of sp³-hybridized carbons (Fsp3) is 0.500. The molecule has 0 aliphatic carbocycles. The van der Waals surface area contributed by atoms with Crippen molar-refractivity contribution in [1.29, 1.82) is 0 Å². The highest BCUT2D eigenvalue weighted by Gasteiger charge is 2.42. The third kappa shape index (κ3) is 6.03. The Labute approximate surface area is 207 Å². The van der Waals surface area contributed by atoms with Crippen molar-refractivity contribution in [1.82, 2.24) is 10.6 Å². The summed E-state index contributed by atoms with van der Waals surface area (Å²) in [4.78, 5) is 11.5. The number of carboxylic acid groups (broad SMARTS) is 1. The van der Waals surface area contributed by atoms with Crippen LogP contribution < -0.4 is 15.4 Å². The smallest absolute Gasteiger partial charge is 0.323 e. The monoisotopic (exact) mass is 504 g/mol. The number of aliphatic hydroxyl groups is 1. The number of sulfone groups is 1. The summed E-state index contributed by atoms with van der Waals surface area (Å²) in [6.07, 6.45) is 3.26. The zero-order chi connectivity index (χ0) is 25.6. The van der Waals surface area contributed by atoms with Crippen LogP contribution in [-0.2, 0) is 21.2 Å². The molecule has 9 heteroatoms. The van der Waals surface area contributed by atoms with Gasteiger partial charge in [-0.05, 0) is 36.1 Å². The van der Waals surface area contributed by atoms with Gasteiger partial charge in [0, 0.05) is 17.6 Å². The van der Waals surface area contributed by atoms with E-state index < -0.39 is 34.0 Å². The van der Waals surface area contributed by atoms with E-state index in [1.54, 1.807) is 12.1 Å². The van der Waals surface area contributed by atoms with E-state index >= 15 is 0 Å². The molecule has 0 saturated heterocycles. The molecule has 2 aromatic carbocycles. The molecule has 0 radical (unpaired) electrons. The minimum absolute atomic E-state index is 0.0274. The van der Waals surface area contributed by atoms with E-state index in [-0.39, 0.29) is 23.2 Å². The highest BCUT2D eigenvalue weighted by atomic mass is 32.2. The van der Waals surface area contributed by atoms with Gasteiger partial charge in [-0.1, -0.05) is 57.0 Å². The van der Waals surface area contributed by atoms with Crippen LogP contribution >= 0.6 is 0 Å². The minimum atomic E-state index is -3.69. The number of aliphatic hydroxyl groups excluding tert-OH is 1. The second kappa shape index (κ2) is 11.5. The van der Waals surface area contributed by atoms with Crippen molar-refractivity contribution in [2.24, 2.45) is 0 Å². The van der Waals surface area contributed by atoms with Gasteiger partial charge in [0.25, 0.3) is 0 Å². The first-order valence-corrected chi connectivity index (χ1v) is 13.7. The fourth-order valence-corrected chi connectivity index (χ4v) is 6.89. The van der Waals surface area contributed by atoms with E-state index in [0.717, 1.165) is 24.8 Å². The molecule has 35 heavy (non-hydrogen) atoms. The van der Waals surface area contributed by atoms with Crippen LogP contribution in [0.2, 0.25) is 0 Å². The molecule has 3 atom stereocenters. The molecule has 0 fully saturated rings. The molecule has 1 heterocycles. The van der Waals surface area contributed by atoms with E-state index in [4.69, 9.17) is 4.74 Å². The number of methoxy groups -OCH3 is 1. The maximum atomic E-state index is 13.8. The van der Waals surface area contributed by atoms with Crippen molar-refractivity contribution in [3.8, 4) is 5.75 Å². The molecule has 1 aliphatic rings. The molecule has 192 valence electrons. The Kier molecular flexibility index (Phi) is 8.93. The Morgan fingerprint density at radius 2 is 1.97 bits per heavy atom. The average molecular weight is 505 g/mol. The number of fused-ring (bicyclic) bond motifs is 1. The lowest BCUT2D eigenvalue weighted by molar-refractivity contribution is -0.140. The lowest BCUT2D eigenvalue weighted by Crippen LogP contribution is -2.50. The number of carbonyl (C=O) groups is 1. The third-order valence-corrected chi connectivity index (χ3v) is 8.77. The molecule has 0 amide bonds. The van der Waals surface area contributed by atoms with Crippen molar-refractivity contribution in [2.75, 3.05) is 19.5 Å². The Balaban J connectivity index is 2.17. The van der Waals surface area contributed by atoms with Gasteiger partial charge in [0.1, 0.15) is 11.8 Å². The van der Waals surface area contributed by atoms with Gasteiger partial charge < -0.3 is 14.9 Å². The van der Waals surface area contributed by atoms with Crippen LogP contribution in [0.4, 0.5) is 0 Å². The van der Waals surface area contributed by atoms with E-state index in [1.165, 1.54) is 7.11 Å². The Morgan fingerprint density at radius 1 is 1.26 bits per heavy atom. The number of ether oxygens (including phenoxy) is 1. The van der Waals surface area contributed by atoms with Crippen LogP contribution in [0.1, 0.15) is 62.3 Å². The number of benzene rings is 2. The second-order valence-corrected chi connectivity index (χ2v) is 11.1. The molecule has 0 bridgehead atoms. The first kappa shape index (κ1) is 27.1. The lowest BCUT2D eigenvalue weighted by Gasteiger charge is -2.36. The number of carboxylic acids is 1. The van der Waals surface area contributed by atoms with Gasteiger partial charge in [-0.3, -0.25) is 15.4 Å². The summed E-state index contributed by atoms with van der Waals surface area (Å²) in [5, 5.41) is 25.1. The van der Waals surface area contributed by atoms with Gasteiger partial charge in [-0.15, -0.1) is 0 Å². The maximum absolute atomic E-state index is 13.8. The molecule has 2 aromatic rings. The van der Waals surface area contributed by atoms with Crippen LogP contribution in [0.3, 0.4) is 0 Å². The Bertz CT molecular complexity index is 1120. The summed E-state index contributed by atoms with van der Waals surface area (Å²) in [5.41, 5.74) is 1.49. The summed E-state index contributed by atoms with van der Waals surface area (Å²) in [7, 11) is -2.19. The topological polar surface area (TPSA) is 125 Å². The minimum Gasteiger partial charge on any atom is -0.496 e. The summed E-state index contributed by atoms with van der Waals surface area (Å²) < 4.78 is 33.3.